The van der Waals surface area contributed by atoms with Crippen LogP contribution in [0, 0.1) is 0 Å². The summed E-state index contributed by atoms with van der Waals surface area (Å²) < 4.78 is 10.8. The second-order valence-corrected chi connectivity index (χ2v) is 5.27. The molecule has 2 heterocycles. The minimum Gasteiger partial charge on any atom is -0.378 e. The van der Waals surface area contributed by atoms with Crippen molar-refractivity contribution in [3.05, 3.63) is 0 Å². The standard InChI is InChI=1S/C14H26N2O3/c17-14(16-8-11-18-12-9-16)5-7-15-6-1-3-13-4-2-10-19-13/h13,15H,1-12H2. The highest BCUT2D eigenvalue weighted by Crippen LogP contribution is 2.16. The molecule has 0 saturated carbocycles. The van der Waals surface area contributed by atoms with Crippen LogP contribution in [0.4, 0.5) is 0 Å². The Hall–Kier alpha value is -0.650. The average Bonchev–Trinajstić information content (AvgIpc) is 2.96. The lowest BCUT2D eigenvalue weighted by molar-refractivity contribution is -0.135. The Morgan fingerprint density at radius 1 is 1.21 bits per heavy atom. The molecule has 0 spiro atoms. The van der Waals surface area contributed by atoms with Crippen molar-refractivity contribution in [3.63, 3.8) is 0 Å². The van der Waals surface area contributed by atoms with E-state index in [-0.39, 0.29) is 5.91 Å². The molecule has 0 aliphatic carbocycles. The van der Waals surface area contributed by atoms with Crippen molar-refractivity contribution in [1.29, 1.82) is 0 Å². The predicted octanol–water partition coefficient (Wildman–Crippen LogP) is 0.784. The highest BCUT2D eigenvalue weighted by atomic mass is 16.5. The first-order valence-electron chi connectivity index (χ1n) is 7.54. The van der Waals surface area contributed by atoms with E-state index in [1.54, 1.807) is 0 Å². The quantitative estimate of drug-likeness (QED) is 0.695. The van der Waals surface area contributed by atoms with Crippen LogP contribution < -0.4 is 5.32 Å². The highest BCUT2D eigenvalue weighted by molar-refractivity contribution is 5.76. The molecule has 5 heteroatoms. The zero-order valence-electron chi connectivity index (χ0n) is 11.7. The Kier molecular flexibility index (Phi) is 6.61. The zero-order valence-corrected chi connectivity index (χ0v) is 11.7. The van der Waals surface area contributed by atoms with E-state index >= 15 is 0 Å². The molecule has 2 saturated heterocycles. The van der Waals surface area contributed by atoms with E-state index in [1.165, 1.54) is 12.8 Å². The van der Waals surface area contributed by atoms with E-state index in [0.717, 1.165) is 45.6 Å². The number of rotatable bonds is 7. The lowest BCUT2D eigenvalue weighted by Crippen LogP contribution is -2.41. The number of morpholine rings is 1. The highest BCUT2D eigenvalue weighted by Gasteiger charge is 2.16. The SMILES string of the molecule is O=C(CCNCCCC1CCCO1)N1CCOCC1. The number of nitrogens with zero attached hydrogens (tertiary/aromatic N) is 1. The summed E-state index contributed by atoms with van der Waals surface area (Å²) in [6, 6.07) is 0. The lowest BCUT2D eigenvalue weighted by atomic mass is 10.1. The van der Waals surface area contributed by atoms with E-state index in [1.807, 2.05) is 4.90 Å². The van der Waals surface area contributed by atoms with Gasteiger partial charge in [0.15, 0.2) is 0 Å². The minimum absolute atomic E-state index is 0.245. The Labute approximate surface area is 115 Å². The topological polar surface area (TPSA) is 50.8 Å². The molecule has 1 atom stereocenters. The summed E-state index contributed by atoms with van der Waals surface area (Å²) in [6.07, 6.45) is 5.79. The van der Waals surface area contributed by atoms with Crippen LogP contribution in [0.1, 0.15) is 32.1 Å². The van der Waals surface area contributed by atoms with Gasteiger partial charge in [0.1, 0.15) is 0 Å². The van der Waals surface area contributed by atoms with Gasteiger partial charge in [-0.15, -0.1) is 0 Å². The second kappa shape index (κ2) is 8.51. The molecule has 1 amide bonds. The molecular formula is C14H26N2O3. The van der Waals surface area contributed by atoms with Gasteiger partial charge in [-0.1, -0.05) is 0 Å². The van der Waals surface area contributed by atoms with Gasteiger partial charge in [-0.3, -0.25) is 4.79 Å². The normalized spacial score (nSPS) is 23.8. The molecule has 19 heavy (non-hydrogen) atoms. The average molecular weight is 270 g/mol. The zero-order chi connectivity index (χ0) is 13.3. The third-order valence-corrected chi connectivity index (χ3v) is 3.78. The first kappa shape index (κ1) is 14.8. The molecule has 2 fully saturated rings. The molecule has 0 radical (unpaired) electrons. The summed E-state index contributed by atoms with van der Waals surface area (Å²) >= 11 is 0. The molecular weight excluding hydrogens is 244 g/mol. The predicted molar refractivity (Wildman–Crippen MR) is 73.1 cm³/mol. The van der Waals surface area contributed by atoms with Gasteiger partial charge in [0, 0.05) is 32.7 Å². The van der Waals surface area contributed by atoms with Gasteiger partial charge < -0.3 is 19.7 Å². The summed E-state index contributed by atoms with van der Waals surface area (Å²) in [7, 11) is 0. The molecule has 2 rings (SSSR count). The third-order valence-electron chi connectivity index (χ3n) is 3.78. The summed E-state index contributed by atoms with van der Waals surface area (Å²) in [6.45, 7) is 5.56. The van der Waals surface area contributed by atoms with Crippen LogP contribution in [0.15, 0.2) is 0 Å². The molecule has 5 nitrogen and oxygen atoms in total. The molecule has 110 valence electrons. The smallest absolute Gasteiger partial charge is 0.224 e. The number of carbonyl (C=O) groups excluding carboxylic acids is 1. The number of carbonyl (C=O) groups is 1. The number of ether oxygens (including phenoxy) is 2. The van der Waals surface area contributed by atoms with Crippen molar-refractivity contribution in [2.75, 3.05) is 46.0 Å². The van der Waals surface area contributed by atoms with Crippen LogP contribution in [0.2, 0.25) is 0 Å². The van der Waals surface area contributed by atoms with Gasteiger partial charge in [-0.05, 0) is 32.2 Å². The number of hydrogen-bond donors (Lipinski definition) is 1. The lowest BCUT2D eigenvalue weighted by Gasteiger charge is -2.26. The van der Waals surface area contributed by atoms with Gasteiger partial charge >= 0.3 is 0 Å². The maximum absolute atomic E-state index is 11.9. The maximum atomic E-state index is 11.9. The maximum Gasteiger partial charge on any atom is 0.224 e. The molecule has 0 aromatic carbocycles. The second-order valence-electron chi connectivity index (χ2n) is 5.27. The summed E-state index contributed by atoms with van der Waals surface area (Å²) in [4.78, 5) is 13.8. The van der Waals surface area contributed by atoms with Crippen LogP contribution in [0.3, 0.4) is 0 Å². The molecule has 0 bridgehead atoms. The van der Waals surface area contributed by atoms with Gasteiger partial charge in [0.25, 0.3) is 0 Å². The van der Waals surface area contributed by atoms with Crippen LogP contribution >= 0.6 is 0 Å². The van der Waals surface area contributed by atoms with E-state index < -0.39 is 0 Å². The van der Waals surface area contributed by atoms with Crippen molar-refractivity contribution in [2.24, 2.45) is 0 Å². The van der Waals surface area contributed by atoms with Crippen molar-refractivity contribution in [1.82, 2.24) is 10.2 Å². The minimum atomic E-state index is 0.245. The summed E-state index contributed by atoms with van der Waals surface area (Å²) in [5.74, 6) is 0.245. The van der Waals surface area contributed by atoms with Crippen LogP contribution in [-0.2, 0) is 14.3 Å². The summed E-state index contributed by atoms with van der Waals surface area (Å²) in [5.41, 5.74) is 0. The molecule has 1 unspecified atom stereocenters. The fourth-order valence-electron chi connectivity index (χ4n) is 2.62. The van der Waals surface area contributed by atoms with Crippen molar-refractivity contribution in [2.45, 2.75) is 38.2 Å². The Balaban J connectivity index is 1.43. The van der Waals surface area contributed by atoms with E-state index in [9.17, 15) is 4.79 Å². The van der Waals surface area contributed by atoms with Crippen molar-refractivity contribution < 1.29 is 14.3 Å². The van der Waals surface area contributed by atoms with Gasteiger partial charge in [0.05, 0.1) is 19.3 Å². The van der Waals surface area contributed by atoms with E-state index in [2.05, 4.69) is 5.32 Å². The van der Waals surface area contributed by atoms with Gasteiger partial charge in [-0.25, -0.2) is 0 Å². The summed E-state index contributed by atoms with van der Waals surface area (Å²) in [5, 5.41) is 3.35. The number of amides is 1. The molecule has 1 N–H and O–H groups in total. The molecule has 2 aliphatic heterocycles. The number of hydrogen-bond acceptors (Lipinski definition) is 4. The largest absolute Gasteiger partial charge is 0.378 e. The van der Waals surface area contributed by atoms with Crippen LogP contribution in [-0.4, -0.2) is 62.9 Å². The van der Waals surface area contributed by atoms with Crippen LogP contribution in [0.5, 0.6) is 0 Å². The van der Waals surface area contributed by atoms with Gasteiger partial charge in [-0.2, -0.15) is 0 Å². The van der Waals surface area contributed by atoms with Gasteiger partial charge in [0.2, 0.25) is 5.91 Å². The third kappa shape index (κ3) is 5.47. The Morgan fingerprint density at radius 2 is 2.05 bits per heavy atom. The van der Waals surface area contributed by atoms with E-state index in [0.29, 0.717) is 25.7 Å². The fourth-order valence-corrected chi connectivity index (χ4v) is 2.62. The Morgan fingerprint density at radius 3 is 2.79 bits per heavy atom. The van der Waals surface area contributed by atoms with Crippen molar-refractivity contribution in [3.8, 4) is 0 Å². The Bertz CT molecular complexity index is 261. The number of nitrogens with one attached hydrogen (secondary N) is 1. The molecule has 0 aromatic heterocycles. The molecule has 2 aliphatic rings. The first-order valence-corrected chi connectivity index (χ1v) is 7.54. The fraction of sp³-hybridized carbons (Fsp3) is 0.929. The molecule has 0 aromatic rings. The van der Waals surface area contributed by atoms with Crippen molar-refractivity contribution >= 4 is 5.91 Å². The monoisotopic (exact) mass is 270 g/mol. The van der Waals surface area contributed by atoms with E-state index in [4.69, 9.17) is 9.47 Å². The first-order chi connectivity index (χ1) is 9.36. The van der Waals surface area contributed by atoms with Crippen LogP contribution in [0.25, 0.3) is 0 Å².